The Hall–Kier alpha value is -3.26. The van der Waals surface area contributed by atoms with E-state index in [1.165, 1.54) is 0 Å². The molecule has 126 valence electrons. The van der Waals surface area contributed by atoms with Crippen molar-refractivity contribution in [2.45, 2.75) is 13.5 Å². The van der Waals surface area contributed by atoms with Crippen molar-refractivity contribution in [1.82, 2.24) is 9.55 Å². The Kier molecular flexibility index (Phi) is 5.00. The van der Waals surface area contributed by atoms with E-state index in [0.29, 0.717) is 30.2 Å². The zero-order valence-electron chi connectivity index (χ0n) is 14.3. The molecule has 0 amide bonds. The molecule has 2 aromatic carbocycles. The average Bonchev–Trinajstić information content (AvgIpc) is 3.05. The largest absolute Gasteiger partial charge is 0.493 e. The third-order valence-corrected chi connectivity index (χ3v) is 3.84. The third-order valence-electron chi connectivity index (χ3n) is 3.84. The first-order valence-corrected chi connectivity index (χ1v) is 8.06. The molecule has 0 saturated carbocycles. The van der Waals surface area contributed by atoms with E-state index in [2.05, 4.69) is 11.1 Å². The second-order valence-corrected chi connectivity index (χ2v) is 5.49. The van der Waals surface area contributed by atoms with Crippen LogP contribution in [0, 0.1) is 11.3 Å². The zero-order chi connectivity index (χ0) is 17.6. The molecular weight excluding hydrogens is 314 g/mol. The van der Waals surface area contributed by atoms with E-state index in [-0.39, 0.29) is 0 Å². The highest BCUT2D eigenvalue weighted by atomic mass is 16.5. The van der Waals surface area contributed by atoms with Crippen LogP contribution in [-0.4, -0.2) is 23.3 Å². The van der Waals surface area contributed by atoms with Gasteiger partial charge in [-0.1, -0.05) is 18.2 Å². The Morgan fingerprint density at radius 2 is 2.08 bits per heavy atom. The quantitative estimate of drug-likeness (QED) is 0.639. The highest BCUT2D eigenvalue weighted by molar-refractivity contribution is 5.75. The van der Waals surface area contributed by atoms with Crippen molar-refractivity contribution in [3.63, 3.8) is 0 Å². The van der Waals surface area contributed by atoms with Gasteiger partial charge in [0.2, 0.25) is 0 Å². The minimum Gasteiger partial charge on any atom is -0.493 e. The number of hydrogen-bond donors (Lipinski definition) is 0. The summed E-state index contributed by atoms with van der Waals surface area (Å²) in [5, 5.41) is 9.52. The van der Waals surface area contributed by atoms with Gasteiger partial charge in [0, 0.05) is 5.57 Å². The van der Waals surface area contributed by atoms with Crippen LogP contribution in [0.3, 0.4) is 0 Å². The summed E-state index contributed by atoms with van der Waals surface area (Å²) in [5.74, 6) is 1.35. The number of nitrogens with zero attached hydrogens (tertiary/aromatic N) is 3. The van der Waals surface area contributed by atoms with Gasteiger partial charge in [-0.05, 0) is 42.8 Å². The first-order valence-electron chi connectivity index (χ1n) is 8.06. The van der Waals surface area contributed by atoms with E-state index >= 15 is 0 Å². The molecular formula is C20H19N3O2. The van der Waals surface area contributed by atoms with E-state index in [9.17, 15) is 5.26 Å². The minimum absolute atomic E-state index is 0.465. The molecule has 1 heterocycles. The summed E-state index contributed by atoms with van der Waals surface area (Å²) in [7, 11) is 1.61. The van der Waals surface area contributed by atoms with Crippen molar-refractivity contribution in [3.8, 4) is 17.6 Å². The van der Waals surface area contributed by atoms with Crippen molar-refractivity contribution in [1.29, 1.82) is 5.26 Å². The van der Waals surface area contributed by atoms with Crippen LogP contribution >= 0.6 is 0 Å². The highest BCUT2D eigenvalue weighted by Gasteiger charge is 2.07. The number of benzene rings is 2. The van der Waals surface area contributed by atoms with Crippen molar-refractivity contribution < 1.29 is 9.47 Å². The van der Waals surface area contributed by atoms with Crippen LogP contribution in [-0.2, 0) is 6.54 Å². The molecule has 0 bridgehead atoms. The Labute approximate surface area is 146 Å². The van der Waals surface area contributed by atoms with Gasteiger partial charge in [-0.3, -0.25) is 0 Å². The summed E-state index contributed by atoms with van der Waals surface area (Å²) in [6.07, 6.45) is 3.62. The molecule has 5 nitrogen and oxygen atoms in total. The molecule has 0 atom stereocenters. The van der Waals surface area contributed by atoms with Crippen molar-refractivity contribution >= 4 is 17.1 Å². The molecule has 0 aliphatic rings. The second-order valence-electron chi connectivity index (χ2n) is 5.49. The Bertz CT molecular complexity index is 951. The molecule has 5 heteroatoms. The van der Waals surface area contributed by atoms with Crippen LogP contribution in [0.2, 0.25) is 0 Å². The molecule has 1 aromatic heterocycles. The molecule has 0 aliphatic carbocycles. The Morgan fingerprint density at radius 3 is 2.84 bits per heavy atom. The SMILES string of the molecule is CCOc1cc(/C=C(/C#N)Cn2cnc3ccccc32)ccc1OC. The summed E-state index contributed by atoms with van der Waals surface area (Å²) >= 11 is 0. The second kappa shape index (κ2) is 7.54. The molecule has 3 rings (SSSR count). The fourth-order valence-electron chi connectivity index (χ4n) is 2.69. The predicted octanol–water partition coefficient (Wildman–Crippen LogP) is 4.05. The van der Waals surface area contributed by atoms with E-state index in [1.54, 1.807) is 13.4 Å². The van der Waals surface area contributed by atoms with Gasteiger partial charge < -0.3 is 14.0 Å². The van der Waals surface area contributed by atoms with Gasteiger partial charge in [0.05, 0.1) is 43.7 Å². The van der Waals surface area contributed by atoms with Gasteiger partial charge in [0.15, 0.2) is 11.5 Å². The van der Waals surface area contributed by atoms with E-state index < -0.39 is 0 Å². The minimum atomic E-state index is 0.465. The van der Waals surface area contributed by atoms with Gasteiger partial charge in [-0.2, -0.15) is 5.26 Å². The smallest absolute Gasteiger partial charge is 0.161 e. The topological polar surface area (TPSA) is 60.1 Å². The fourth-order valence-corrected chi connectivity index (χ4v) is 2.69. The fraction of sp³-hybridized carbons (Fsp3) is 0.200. The normalized spacial score (nSPS) is 11.3. The molecule has 0 unspecified atom stereocenters. The van der Waals surface area contributed by atoms with Crippen LogP contribution in [0.25, 0.3) is 17.1 Å². The van der Waals surface area contributed by atoms with Crippen molar-refractivity contribution in [2.24, 2.45) is 0 Å². The van der Waals surface area contributed by atoms with E-state index in [0.717, 1.165) is 16.6 Å². The maximum absolute atomic E-state index is 9.52. The standard InChI is InChI=1S/C20H19N3O2/c1-3-25-20-11-15(8-9-19(20)24-2)10-16(12-21)13-23-14-22-17-6-4-5-7-18(17)23/h4-11,14H,3,13H2,1-2H3/b16-10-. The van der Waals surface area contributed by atoms with Crippen LogP contribution < -0.4 is 9.47 Å². The lowest BCUT2D eigenvalue weighted by molar-refractivity contribution is 0.311. The molecule has 25 heavy (non-hydrogen) atoms. The van der Waals surface area contributed by atoms with Crippen molar-refractivity contribution in [2.75, 3.05) is 13.7 Å². The summed E-state index contributed by atoms with van der Waals surface area (Å²) in [6, 6.07) is 15.8. The first kappa shape index (κ1) is 16.6. The Morgan fingerprint density at radius 1 is 1.24 bits per heavy atom. The molecule has 0 radical (unpaired) electrons. The number of methoxy groups -OCH3 is 1. The van der Waals surface area contributed by atoms with Gasteiger partial charge in [-0.15, -0.1) is 0 Å². The lowest BCUT2D eigenvalue weighted by Gasteiger charge is -2.10. The number of hydrogen-bond acceptors (Lipinski definition) is 4. The van der Waals surface area contributed by atoms with E-state index in [1.807, 2.05) is 60.0 Å². The summed E-state index contributed by atoms with van der Waals surface area (Å²) < 4.78 is 12.9. The molecule has 0 saturated heterocycles. The zero-order valence-corrected chi connectivity index (χ0v) is 14.3. The molecule has 0 aliphatic heterocycles. The summed E-state index contributed by atoms with van der Waals surface area (Å²) in [4.78, 5) is 4.36. The number of allylic oxidation sites excluding steroid dienone is 1. The lowest BCUT2D eigenvalue weighted by atomic mass is 10.1. The van der Waals surface area contributed by atoms with Crippen LogP contribution in [0.1, 0.15) is 12.5 Å². The number of aromatic nitrogens is 2. The number of imidazole rings is 1. The summed E-state index contributed by atoms with van der Waals surface area (Å²) in [6.45, 7) is 2.94. The number of ether oxygens (including phenoxy) is 2. The number of nitriles is 1. The molecule has 3 aromatic rings. The first-order chi connectivity index (χ1) is 12.2. The van der Waals surface area contributed by atoms with Gasteiger partial charge in [-0.25, -0.2) is 4.98 Å². The molecule has 0 N–H and O–H groups in total. The Balaban J connectivity index is 1.90. The van der Waals surface area contributed by atoms with Crippen LogP contribution in [0.5, 0.6) is 11.5 Å². The van der Waals surface area contributed by atoms with Crippen molar-refractivity contribution in [3.05, 3.63) is 59.9 Å². The average molecular weight is 333 g/mol. The van der Waals surface area contributed by atoms with Gasteiger partial charge >= 0.3 is 0 Å². The van der Waals surface area contributed by atoms with Crippen LogP contribution in [0.15, 0.2) is 54.4 Å². The number of para-hydroxylation sites is 2. The lowest BCUT2D eigenvalue weighted by Crippen LogP contribution is -1.99. The van der Waals surface area contributed by atoms with E-state index in [4.69, 9.17) is 9.47 Å². The predicted molar refractivity (Wildman–Crippen MR) is 97.5 cm³/mol. The monoisotopic (exact) mass is 333 g/mol. The maximum Gasteiger partial charge on any atom is 0.161 e. The maximum atomic E-state index is 9.52. The summed E-state index contributed by atoms with van der Waals surface area (Å²) in [5.41, 5.74) is 3.46. The van der Waals surface area contributed by atoms with Crippen LogP contribution in [0.4, 0.5) is 0 Å². The highest BCUT2D eigenvalue weighted by Crippen LogP contribution is 2.29. The number of rotatable bonds is 6. The molecule has 0 fully saturated rings. The molecule has 0 spiro atoms. The third kappa shape index (κ3) is 3.64. The number of fused-ring (bicyclic) bond motifs is 1. The van der Waals surface area contributed by atoms with Gasteiger partial charge in [0.1, 0.15) is 0 Å². The van der Waals surface area contributed by atoms with Gasteiger partial charge in [0.25, 0.3) is 0 Å².